The number of carbonyl (C=O) groups is 1. The molecule has 1 amide bonds. The van der Waals surface area contributed by atoms with Crippen LogP contribution in [-0.4, -0.2) is 32.5 Å². The molecule has 2 rings (SSSR count). The molecule has 0 unspecified atom stereocenters. The van der Waals surface area contributed by atoms with Gasteiger partial charge in [0.15, 0.2) is 0 Å². The molecule has 0 aliphatic carbocycles. The van der Waals surface area contributed by atoms with E-state index < -0.39 is 0 Å². The molecule has 0 saturated heterocycles. The molecule has 1 aromatic carbocycles. The lowest BCUT2D eigenvalue weighted by Gasteiger charge is -2.14. The van der Waals surface area contributed by atoms with Crippen LogP contribution in [0, 0.1) is 9.39 Å². The molecule has 130 valence electrons. The maximum atomic E-state index is 13.3. The second-order valence-electron chi connectivity index (χ2n) is 5.25. The number of halogens is 2. The zero-order valence-electron chi connectivity index (χ0n) is 13.6. The average Bonchev–Trinajstić information content (AvgIpc) is 3.04. The lowest BCUT2D eigenvalue weighted by atomic mass is 10.2. The third-order valence-electron chi connectivity index (χ3n) is 3.55. The molecule has 5 nitrogen and oxygen atoms in total. The highest BCUT2D eigenvalue weighted by atomic mass is 127. The summed E-state index contributed by atoms with van der Waals surface area (Å²) in [5.41, 5.74) is 0.756. The molecule has 0 atom stereocenters. The summed E-state index contributed by atoms with van der Waals surface area (Å²) in [6.45, 7) is 4.13. The van der Waals surface area contributed by atoms with Gasteiger partial charge in [-0.1, -0.05) is 25.6 Å². The second-order valence-corrected chi connectivity index (χ2v) is 7.47. The Hall–Kier alpha value is -1.16. The number of hydrogen-bond donors (Lipinski definition) is 1. The number of carbonyl (C=O) groups excluding carboxylic acids is 1. The molecule has 24 heavy (non-hydrogen) atoms. The minimum Gasteiger partial charge on any atom is -0.353 e. The van der Waals surface area contributed by atoms with Gasteiger partial charge in [0.25, 0.3) is 0 Å². The second kappa shape index (κ2) is 9.36. The number of nitrogens with one attached hydrogen (secondary N) is 1. The monoisotopic (exact) mass is 462 g/mol. The van der Waals surface area contributed by atoms with Gasteiger partial charge >= 0.3 is 0 Å². The quantitative estimate of drug-likeness (QED) is 0.479. The molecule has 1 N–H and O–H groups in total. The number of nitrogens with zero attached hydrogens (tertiary/aromatic N) is 3. The van der Waals surface area contributed by atoms with Crippen LogP contribution in [0.5, 0.6) is 0 Å². The molecule has 1 aromatic heterocycles. The molecule has 0 fully saturated rings. The van der Waals surface area contributed by atoms with E-state index in [1.807, 2.05) is 22.6 Å². The smallest absolute Gasteiger partial charge is 0.221 e. The summed E-state index contributed by atoms with van der Waals surface area (Å²) >= 11 is 3.38. The highest BCUT2D eigenvalue weighted by molar-refractivity contribution is 14.1. The Labute approximate surface area is 158 Å². The Balaban J connectivity index is 1.85. The molecule has 2 aromatic rings. The number of rotatable bonds is 8. The van der Waals surface area contributed by atoms with Crippen molar-refractivity contribution in [3.63, 3.8) is 0 Å². The minimum absolute atomic E-state index is 0.0590. The van der Waals surface area contributed by atoms with Crippen LogP contribution < -0.4 is 5.32 Å². The summed E-state index contributed by atoms with van der Waals surface area (Å²) in [6.07, 6.45) is 3.91. The van der Waals surface area contributed by atoms with Gasteiger partial charge in [0.05, 0.1) is 9.26 Å². The van der Waals surface area contributed by atoms with Crippen molar-refractivity contribution in [3.05, 3.63) is 33.9 Å². The largest absolute Gasteiger partial charge is 0.353 e. The van der Waals surface area contributed by atoms with E-state index in [1.54, 1.807) is 23.1 Å². The van der Waals surface area contributed by atoms with Gasteiger partial charge in [-0.25, -0.2) is 14.1 Å². The predicted octanol–water partition coefficient (Wildman–Crippen LogP) is 3.80. The van der Waals surface area contributed by atoms with E-state index in [9.17, 15) is 9.18 Å². The highest BCUT2D eigenvalue weighted by Gasteiger charge is 2.10. The molecule has 8 heteroatoms. The predicted molar refractivity (Wildman–Crippen MR) is 102 cm³/mol. The lowest BCUT2D eigenvalue weighted by molar-refractivity contribution is -0.121. The van der Waals surface area contributed by atoms with Crippen molar-refractivity contribution in [1.82, 2.24) is 20.1 Å². The maximum Gasteiger partial charge on any atom is 0.221 e. The first kappa shape index (κ1) is 19.2. The summed E-state index contributed by atoms with van der Waals surface area (Å²) in [4.78, 5) is 16.1. The summed E-state index contributed by atoms with van der Waals surface area (Å²) in [5.74, 6) is 0.429. The summed E-state index contributed by atoms with van der Waals surface area (Å²) in [7, 11) is 0. The number of thioether (sulfide) groups is 1. The van der Waals surface area contributed by atoms with Crippen molar-refractivity contribution in [2.45, 2.75) is 44.3 Å². The Morgan fingerprint density at radius 3 is 2.83 bits per heavy atom. The first-order valence-corrected chi connectivity index (χ1v) is 9.89. The zero-order valence-corrected chi connectivity index (χ0v) is 16.6. The van der Waals surface area contributed by atoms with E-state index in [0.717, 1.165) is 18.5 Å². The van der Waals surface area contributed by atoms with Crippen LogP contribution in [0.4, 0.5) is 4.39 Å². The SMILES string of the molecule is CCC(CC)NC(=O)CCSc1ncn(-c2ccc(F)c(I)c2)n1. The van der Waals surface area contributed by atoms with E-state index in [-0.39, 0.29) is 17.8 Å². The summed E-state index contributed by atoms with van der Waals surface area (Å²) in [6, 6.07) is 5.03. The van der Waals surface area contributed by atoms with E-state index in [2.05, 4.69) is 29.2 Å². The van der Waals surface area contributed by atoms with Crippen LogP contribution in [0.2, 0.25) is 0 Å². The van der Waals surface area contributed by atoms with Gasteiger partial charge in [-0.15, -0.1) is 5.10 Å². The van der Waals surface area contributed by atoms with E-state index in [1.165, 1.54) is 17.8 Å². The first-order valence-electron chi connectivity index (χ1n) is 7.82. The van der Waals surface area contributed by atoms with Crippen molar-refractivity contribution in [1.29, 1.82) is 0 Å². The maximum absolute atomic E-state index is 13.3. The standard InChI is InChI=1S/C16H20FIN4OS/c1-3-11(4-2)20-15(23)7-8-24-16-19-10-22(21-16)12-5-6-13(17)14(18)9-12/h5-6,9-11H,3-4,7-8H2,1-2H3,(H,20,23). The van der Waals surface area contributed by atoms with Crippen molar-refractivity contribution in [2.24, 2.45) is 0 Å². The van der Waals surface area contributed by atoms with E-state index >= 15 is 0 Å². The lowest BCUT2D eigenvalue weighted by Crippen LogP contribution is -2.33. The van der Waals surface area contributed by atoms with Crippen LogP contribution in [0.15, 0.2) is 29.7 Å². The fourth-order valence-corrected chi connectivity index (χ4v) is 3.33. The van der Waals surface area contributed by atoms with Gasteiger partial charge in [0, 0.05) is 18.2 Å². The molecule has 0 bridgehead atoms. The number of benzene rings is 1. The van der Waals surface area contributed by atoms with Gasteiger partial charge < -0.3 is 5.32 Å². The van der Waals surface area contributed by atoms with Crippen LogP contribution in [0.1, 0.15) is 33.1 Å². The molecule has 0 saturated carbocycles. The van der Waals surface area contributed by atoms with E-state index in [4.69, 9.17) is 0 Å². The molecular formula is C16H20FIN4OS. The van der Waals surface area contributed by atoms with Gasteiger partial charge in [-0.05, 0) is 53.6 Å². The summed E-state index contributed by atoms with van der Waals surface area (Å²) < 4.78 is 15.4. The van der Waals surface area contributed by atoms with Crippen molar-refractivity contribution >= 4 is 40.3 Å². The number of hydrogen-bond acceptors (Lipinski definition) is 4. The third kappa shape index (κ3) is 5.44. The van der Waals surface area contributed by atoms with Crippen molar-refractivity contribution < 1.29 is 9.18 Å². The fraction of sp³-hybridized carbons (Fsp3) is 0.438. The first-order chi connectivity index (χ1) is 11.5. The minimum atomic E-state index is -0.252. The summed E-state index contributed by atoms with van der Waals surface area (Å²) in [5, 5.41) is 7.96. The van der Waals surface area contributed by atoms with Gasteiger partial charge in [-0.3, -0.25) is 4.79 Å². The molecule has 1 heterocycles. The Morgan fingerprint density at radius 2 is 2.17 bits per heavy atom. The van der Waals surface area contributed by atoms with Crippen LogP contribution in [0.3, 0.4) is 0 Å². The Bertz CT molecular complexity index is 690. The van der Waals surface area contributed by atoms with Crippen LogP contribution >= 0.6 is 34.4 Å². The molecular weight excluding hydrogens is 442 g/mol. The number of amides is 1. The normalized spacial score (nSPS) is 11.0. The highest BCUT2D eigenvalue weighted by Crippen LogP contribution is 2.18. The molecule has 0 radical (unpaired) electrons. The zero-order chi connectivity index (χ0) is 17.5. The van der Waals surface area contributed by atoms with Crippen LogP contribution in [-0.2, 0) is 4.79 Å². The van der Waals surface area contributed by atoms with Crippen LogP contribution in [0.25, 0.3) is 5.69 Å². The fourth-order valence-electron chi connectivity index (χ4n) is 2.09. The topological polar surface area (TPSA) is 59.8 Å². The molecule has 0 aliphatic rings. The van der Waals surface area contributed by atoms with Gasteiger partial charge in [0.1, 0.15) is 12.1 Å². The van der Waals surface area contributed by atoms with Gasteiger partial charge in [-0.2, -0.15) is 0 Å². The molecule has 0 aliphatic heterocycles. The Morgan fingerprint density at radius 1 is 1.42 bits per heavy atom. The average molecular weight is 462 g/mol. The van der Waals surface area contributed by atoms with Gasteiger partial charge in [0.2, 0.25) is 11.1 Å². The van der Waals surface area contributed by atoms with Crippen molar-refractivity contribution in [3.8, 4) is 5.69 Å². The number of aromatic nitrogens is 3. The van der Waals surface area contributed by atoms with Crippen molar-refractivity contribution in [2.75, 3.05) is 5.75 Å². The Kier molecular flexibility index (Phi) is 7.47. The third-order valence-corrected chi connectivity index (χ3v) is 5.23. The molecule has 0 spiro atoms. The van der Waals surface area contributed by atoms with E-state index in [0.29, 0.717) is 20.9 Å².